The molecule has 1 amide bonds. The number of nitrogens with zero attached hydrogens (tertiary/aromatic N) is 3. The van der Waals surface area contributed by atoms with Crippen molar-refractivity contribution in [2.75, 3.05) is 43.1 Å². The number of carbonyl (C=O) groups excluding carboxylic acids is 1. The number of aromatic nitrogens is 2. The molecule has 0 radical (unpaired) electrons. The van der Waals surface area contributed by atoms with E-state index in [1.54, 1.807) is 30.3 Å². The molecular formula is C22H20Cl2N4O3. The molecule has 2 aromatic carbocycles. The summed E-state index contributed by atoms with van der Waals surface area (Å²) in [4.78, 5) is 14.3. The molecule has 2 heterocycles. The van der Waals surface area contributed by atoms with Gasteiger partial charge in [0.05, 0.1) is 23.9 Å². The summed E-state index contributed by atoms with van der Waals surface area (Å²) >= 11 is 12.0. The predicted molar refractivity (Wildman–Crippen MR) is 121 cm³/mol. The van der Waals surface area contributed by atoms with Crippen molar-refractivity contribution in [3.63, 3.8) is 0 Å². The van der Waals surface area contributed by atoms with E-state index in [1.165, 1.54) is 0 Å². The molecule has 4 rings (SSSR count). The van der Waals surface area contributed by atoms with Gasteiger partial charge in [0.25, 0.3) is 5.91 Å². The molecule has 0 bridgehead atoms. The van der Waals surface area contributed by atoms with Gasteiger partial charge in [0.1, 0.15) is 10.8 Å². The molecule has 1 fully saturated rings. The molecule has 0 spiro atoms. The minimum atomic E-state index is -0.307. The average molecular weight is 459 g/mol. The molecule has 0 aliphatic carbocycles. The van der Waals surface area contributed by atoms with Crippen molar-refractivity contribution in [3.8, 4) is 17.0 Å². The van der Waals surface area contributed by atoms with Crippen LogP contribution in [-0.4, -0.2) is 49.0 Å². The minimum Gasteiger partial charge on any atom is -0.482 e. The third-order valence-electron chi connectivity index (χ3n) is 4.72. The number of morpholine rings is 1. The number of nitrogens with one attached hydrogen (secondary N) is 1. The van der Waals surface area contributed by atoms with Gasteiger partial charge in [-0.3, -0.25) is 4.79 Å². The van der Waals surface area contributed by atoms with Gasteiger partial charge in [-0.2, -0.15) is 0 Å². The second-order valence-electron chi connectivity index (χ2n) is 6.84. The van der Waals surface area contributed by atoms with Crippen molar-refractivity contribution in [1.82, 2.24) is 10.2 Å². The first-order valence-corrected chi connectivity index (χ1v) is 10.5. The van der Waals surface area contributed by atoms with Gasteiger partial charge in [-0.1, -0.05) is 41.4 Å². The summed E-state index contributed by atoms with van der Waals surface area (Å²) < 4.78 is 10.8. The number of ether oxygens (including phenoxy) is 2. The summed E-state index contributed by atoms with van der Waals surface area (Å²) in [5.74, 6) is 0.896. The zero-order chi connectivity index (χ0) is 21.6. The smallest absolute Gasteiger partial charge is 0.262 e. The molecule has 1 N–H and O–H groups in total. The quantitative estimate of drug-likeness (QED) is 0.592. The Hall–Kier alpha value is -2.87. The first-order chi connectivity index (χ1) is 15.1. The molecule has 1 aromatic heterocycles. The number of rotatable bonds is 6. The van der Waals surface area contributed by atoms with Crippen LogP contribution in [0.4, 0.5) is 11.5 Å². The Balaban J connectivity index is 1.33. The van der Waals surface area contributed by atoms with Crippen LogP contribution in [0.2, 0.25) is 10.0 Å². The van der Waals surface area contributed by atoms with Gasteiger partial charge >= 0.3 is 0 Å². The number of anilines is 2. The number of benzene rings is 2. The molecule has 7 nitrogen and oxygen atoms in total. The standard InChI is InChI=1S/C22H20Cl2N4O3/c23-17-2-1-3-19(22(17)24)31-14-21(29)25-16-6-4-15(5-7-16)18-8-9-20(27-26-18)28-10-12-30-13-11-28/h1-9H,10-14H2,(H,25,29). The van der Waals surface area contributed by atoms with Gasteiger partial charge in [-0.05, 0) is 36.4 Å². The van der Waals surface area contributed by atoms with E-state index in [0.29, 0.717) is 29.7 Å². The first-order valence-electron chi connectivity index (χ1n) is 9.74. The molecule has 31 heavy (non-hydrogen) atoms. The highest BCUT2D eigenvalue weighted by molar-refractivity contribution is 6.42. The van der Waals surface area contributed by atoms with Crippen molar-refractivity contribution in [2.45, 2.75) is 0 Å². The fourth-order valence-electron chi connectivity index (χ4n) is 3.10. The summed E-state index contributed by atoms with van der Waals surface area (Å²) in [6.45, 7) is 2.85. The minimum absolute atomic E-state index is 0.184. The van der Waals surface area contributed by atoms with Gasteiger partial charge in [0.15, 0.2) is 12.4 Å². The van der Waals surface area contributed by atoms with Gasteiger partial charge < -0.3 is 19.7 Å². The monoisotopic (exact) mass is 458 g/mol. The van der Waals surface area contributed by atoms with Crippen LogP contribution in [-0.2, 0) is 9.53 Å². The average Bonchev–Trinajstić information content (AvgIpc) is 2.81. The number of halogens is 2. The lowest BCUT2D eigenvalue weighted by molar-refractivity contribution is -0.118. The van der Waals surface area contributed by atoms with E-state index in [4.69, 9.17) is 32.7 Å². The maximum atomic E-state index is 12.2. The van der Waals surface area contributed by atoms with E-state index >= 15 is 0 Å². The summed E-state index contributed by atoms with van der Waals surface area (Å²) in [5.41, 5.74) is 2.31. The topological polar surface area (TPSA) is 76.6 Å². The van der Waals surface area contributed by atoms with Crippen LogP contribution < -0.4 is 15.0 Å². The van der Waals surface area contributed by atoms with Crippen LogP contribution >= 0.6 is 23.2 Å². The van der Waals surface area contributed by atoms with E-state index in [-0.39, 0.29) is 17.5 Å². The Bertz CT molecular complexity index is 1040. The largest absolute Gasteiger partial charge is 0.482 e. The number of hydrogen-bond donors (Lipinski definition) is 1. The molecule has 1 aliphatic heterocycles. The van der Waals surface area contributed by atoms with Gasteiger partial charge in [-0.25, -0.2) is 0 Å². The molecule has 3 aromatic rings. The SMILES string of the molecule is O=C(COc1cccc(Cl)c1Cl)Nc1ccc(-c2ccc(N3CCOCC3)nn2)cc1. The first kappa shape index (κ1) is 21.4. The van der Waals surface area contributed by atoms with Crippen molar-refractivity contribution in [2.24, 2.45) is 0 Å². The Morgan fingerprint density at radius 2 is 1.81 bits per heavy atom. The highest BCUT2D eigenvalue weighted by atomic mass is 35.5. The predicted octanol–water partition coefficient (Wildman–Crippen LogP) is 4.30. The lowest BCUT2D eigenvalue weighted by atomic mass is 10.1. The summed E-state index contributed by atoms with van der Waals surface area (Å²) in [6, 6.07) is 16.3. The second-order valence-corrected chi connectivity index (χ2v) is 7.63. The summed E-state index contributed by atoms with van der Waals surface area (Å²) in [5, 5.41) is 12.1. The lowest BCUT2D eigenvalue weighted by Gasteiger charge is -2.27. The normalized spacial score (nSPS) is 13.7. The highest BCUT2D eigenvalue weighted by Crippen LogP contribution is 2.31. The Morgan fingerprint density at radius 1 is 1.03 bits per heavy atom. The van der Waals surface area contributed by atoms with Crippen LogP contribution in [0.15, 0.2) is 54.6 Å². The van der Waals surface area contributed by atoms with Gasteiger partial charge in [0, 0.05) is 24.3 Å². The summed E-state index contributed by atoms with van der Waals surface area (Å²) in [6.07, 6.45) is 0. The van der Waals surface area contributed by atoms with E-state index in [0.717, 1.165) is 30.2 Å². The van der Waals surface area contributed by atoms with Crippen LogP contribution in [0.3, 0.4) is 0 Å². The van der Waals surface area contributed by atoms with Crippen molar-refractivity contribution < 1.29 is 14.3 Å². The number of hydrogen-bond acceptors (Lipinski definition) is 6. The Morgan fingerprint density at radius 3 is 2.52 bits per heavy atom. The zero-order valence-corrected chi connectivity index (χ0v) is 18.1. The Labute approximate surface area is 189 Å². The van der Waals surface area contributed by atoms with Crippen molar-refractivity contribution in [3.05, 3.63) is 64.6 Å². The van der Waals surface area contributed by atoms with Gasteiger partial charge in [0.2, 0.25) is 0 Å². The van der Waals surface area contributed by atoms with Crippen molar-refractivity contribution >= 4 is 40.6 Å². The molecule has 1 saturated heterocycles. The second kappa shape index (κ2) is 9.96. The molecule has 0 saturated carbocycles. The maximum absolute atomic E-state index is 12.2. The maximum Gasteiger partial charge on any atom is 0.262 e. The van der Waals surface area contributed by atoms with Crippen LogP contribution in [0.1, 0.15) is 0 Å². The van der Waals surface area contributed by atoms with Crippen LogP contribution in [0, 0.1) is 0 Å². The van der Waals surface area contributed by atoms with E-state index in [2.05, 4.69) is 20.4 Å². The molecular weight excluding hydrogens is 439 g/mol. The van der Waals surface area contributed by atoms with Crippen LogP contribution in [0.25, 0.3) is 11.3 Å². The zero-order valence-electron chi connectivity index (χ0n) is 16.6. The molecule has 1 aliphatic rings. The number of carbonyl (C=O) groups is 1. The highest BCUT2D eigenvalue weighted by Gasteiger charge is 2.13. The van der Waals surface area contributed by atoms with E-state index in [9.17, 15) is 4.79 Å². The lowest BCUT2D eigenvalue weighted by Crippen LogP contribution is -2.36. The third-order valence-corrected chi connectivity index (χ3v) is 5.53. The van der Waals surface area contributed by atoms with E-state index in [1.807, 2.05) is 24.3 Å². The third kappa shape index (κ3) is 5.44. The Kier molecular flexibility index (Phi) is 6.86. The fraction of sp³-hybridized carbons (Fsp3) is 0.227. The molecule has 0 unspecified atom stereocenters. The molecule has 160 valence electrons. The van der Waals surface area contributed by atoms with Crippen molar-refractivity contribution in [1.29, 1.82) is 0 Å². The molecule has 0 atom stereocenters. The van der Waals surface area contributed by atoms with E-state index < -0.39 is 0 Å². The van der Waals surface area contributed by atoms with Gasteiger partial charge in [-0.15, -0.1) is 10.2 Å². The summed E-state index contributed by atoms with van der Waals surface area (Å²) in [7, 11) is 0. The molecule has 9 heteroatoms. The van der Waals surface area contributed by atoms with Crippen LogP contribution in [0.5, 0.6) is 5.75 Å². The fourth-order valence-corrected chi connectivity index (χ4v) is 3.45. The number of amides is 1.